The highest BCUT2D eigenvalue weighted by molar-refractivity contribution is 5.76. The van der Waals surface area contributed by atoms with E-state index in [1.807, 2.05) is 17.0 Å². The summed E-state index contributed by atoms with van der Waals surface area (Å²) in [6, 6.07) is 8.24. The number of aromatic nitrogens is 2. The number of rotatable bonds is 9. The van der Waals surface area contributed by atoms with Gasteiger partial charge in [-0.25, -0.2) is 0 Å². The van der Waals surface area contributed by atoms with E-state index in [1.54, 1.807) is 0 Å². The largest absolute Gasteiger partial charge is 0.342 e. The van der Waals surface area contributed by atoms with Gasteiger partial charge in [-0.2, -0.15) is 4.98 Å². The first-order valence-electron chi connectivity index (χ1n) is 9.77. The molecule has 26 heavy (non-hydrogen) atoms. The molecule has 0 saturated heterocycles. The van der Waals surface area contributed by atoms with Gasteiger partial charge in [0.2, 0.25) is 17.6 Å². The monoisotopic (exact) mass is 355 g/mol. The summed E-state index contributed by atoms with van der Waals surface area (Å²) in [6.45, 7) is 8.20. The van der Waals surface area contributed by atoms with E-state index in [0.717, 1.165) is 25.1 Å². The summed E-state index contributed by atoms with van der Waals surface area (Å²) in [5.41, 5.74) is 2.23. The number of aryl methyl sites for hydroxylation is 1. The number of amides is 1. The first kappa shape index (κ1) is 18.6. The van der Waals surface area contributed by atoms with Crippen molar-refractivity contribution >= 4 is 5.91 Å². The maximum atomic E-state index is 12.5. The average Bonchev–Trinajstić information content (AvgIpc) is 3.33. The third-order valence-corrected chi connectivity index (χ3v) is 4.88. The highest BCUT2D eigenvalue weighted by Crippen LogP contribution is 2.30. The molecular formula is C21H29N3O2. The summed E-state index contributed by atoms with van der Waals surface area (Å²) >= 11 is 0. The van der Waals surface area contributed by atoms with E-state index in [1.165, 1.54) is 18.4 Å². The Kier molecular flexibility index (Phi) is 6.07. The van der Waals surface area contributed by atoms with Gasteiger partial charge in [0.05, 0.1) is 0 Å². The van der Waals surface area contributed by atoms with Gasteiger partial charge in [-0.3, -0.25) is 4.79 Å². The van der Waals surface area contributed by atoms with Crippen LogP contribution in [0.1, 0.15) is 63.8 Å². The zero-order valence-electron chi connectivity index (χ0n) is 16.1. The van der Waals surface area contributed by atoms with Gasteiger partial charge in [-0.15, -0.1) is 0 Å². The van der Waals surface area contributed by atoms with Gasteiger partial charge in [-0.05, 0) is 36.7 Å². The molecular weight excluding hydrogens is 326 g/mol. The zero-order valence-corrected chi connectivity index (χ0v) is 16.1. The van der Waals surface area contributed by atoms with E-state index in [0.29, 0.717) is 36.4 Å². The van der Waals surface area contributed by atoms with Gasteiger partial charge in [-0.1, -0.05) is 50.2 Å². The fourth-order valence-electron chi connectivity index (χ4n) is 3.06. The predicted molar refractivity (Wildman–Crippen MR) is 102 cm³/mol. The summed E-state index contributed by atoms with van der Waals surface area (Å²) in [6.07, 6.45) is 4.45. The van der Waals surface area contributed by atoms with Crippen molar-refractivity contribution in [1.29, 1.82) is 0 Å². The number of benzene rings is 1. The van der Waals surface area contributed by atoms with E-state index in [9.17, 15) is 4.79 Å². The van der Waals surface area contributed by atoms with E-state index in [-0.39, 0.29) is 5.91 Å². The summed E-state index contributed by atoms with van der Waals surface area (Å²) in [7, 11) is 0. The highest BCUT2D eigenvalue weighted by atomic mass is 16.5. The molecule has 0 aliphatic heterocycles. The molecule has 1 aliphatic carbocycles. The van der Waals surface area contributed by atoms with Crippen LogP contribution in [0.25, 0.3) is 11.4 Å². The zero-order chi connectivity index (χ0) is 18.5. The van der Waals surface area contributed by atoms with E-state index in [2.05, 4.69) is 43.0 Å². The van der Waals surface area contributed by atoms with Gasteiger partial charge >= 0.3 is 0 Å². The molecule has 1 aliphatic rings. The van der Waals surface area contributed by atoms with Gasteiger partial charge in [0, 0.05) is 31.5 Å². The van der Waals surface area contributed by atoms with Gasteiger partial charge < -0.3 is 9.42 Å². The molecule has 1 saturated carbocycles. The van der Waals surface area contributed by atoms with Crippen molar-refractivity contribution in [2.24, 2.45) is 5.92 Å². The lowest BCUT2D eigenvalue weighted by Crippen LogP contribution is -2.33. The fourth-order valence-corrected chi connectivity index (χ4v) is 3.06. The maximum Gasteiger partial charge on any atom is 0.227 e. The Balaban J connectivity index is 1.56. The minimum Gasteiger partial charge on any atom is -0.342 e. The lowest BCUT2D eigenvalue weighted by atomic mass is 10.0. The molecule has 0 N–H and O–H groups in total. The first-order valence-corrected chi connectivity index (χ1v) is 9.77. The SMILES string of the molecule is CCCN(CC1CC1)C(=O)CCc1nc(-c2ccc(C(C)C)cc2)no1. The number of carbonyl (C=O) groups is 1. The molecule has 0 unspecified atom stereocenters. The van der Waals surface area contributed by atoms with Crippen LogP contribution in [0.4, 0.5) is 0 Å². The van der Waals surface area contributed by atoms with Gasteiger partial charge in [0.25, 0.3) is 0 Å². The van der Waals surface area contributed by atoms with Crippen LogP contribution in [-0.2, 0) is 11.2 Å². The number of hydrogen-bond donors (Lipinski definition) is 0. The third-order valence-electron chi connectivity index (χ3n) is 4.88. The van der Waals surface area contributed by atoms with E-state index >= 15 is 0 Å². The molecule has 5 nitrogen and oxygen atoms in total. The second-order valence-electron chi connectivity index (χ2n) is 7.57. The number of carbonyl (C=O) groups excluding carboxylic acids is 1. The van der Waals surface area contributed by atoms with Crippen molar-refractivity contribution in [3.05, 3.63) is 35.7 Å². The molecule has 1 aromatic carbocycles. The number of hydrogen-bond acceptors (Lipinski definition) is 4. The molecule has 2 aromatic rings. The summed E-state index contributed by atoms with van der Waals surface area (Å²) in [5, 5.41) is 4.07. The quantitative estimate of drug-likeness (QED) is 0.667. The Morgan fingerprint density at radius 2 is 2.00 bits per heavy atom. The van der Waals surface area contributed by atoms with Crippen molar-refractivity contribution < 1.29 is 9.32 Å². The van der Waals surface area contributed by atoms with Crippen LogP contribution < -0.4 is 0 Å². The maximum absolute atomic E-state index is 12.5. The second-order valence-corrected chi connectivity index (χ2v) is 7.57. The van der Waals surface area contributed by atoms with Crippen LogP contribution >= 0.6 is 0 Å². The molecule has 0 radical (unpaired) electrons. The molecule has 1 fully saturated rings. The van der Waals surface area contributed by atoms with Crippen LogP contribution in [0.15, 0.2) is 28.8 Å². The second kappa shape index (κ2) is 8.47. The van der Waals surface area contributed by atoms with Gasteiger partial charge in [0.1, 0.15) is 0 Å². The third kappa shape index (κ3) is 4.93. The van der Waals surface area contributed by atoms with Crippen molar-refractivity contribution in [3.63, 3.8) is 0 Å². The summed E-state index contributed by atoms with van der Waals surface area (Å²) in [5.74, 6) is 2.53. The highest BCUT2D eigenvalue weighted by Gasteiger charge is 2.26. The van der Waals surface area contributed by atoms with E-state index < -0.39 is 0 Å². The Labute approximate surface area is 155 Å². The van der Waals surface area contributed by atoms with E-state index in [4.69, 9.17) is 4.52 Å². The lowest BCUT2D eigenvalue weighted by Gasteiger charge is -2.21. The van der Waals surface area contributed by atoms with Crippen LogP contribution in [-0.4, -0.2) is 34.0 Å². The minimum atomic E-state index is 0.194. The van der Waals surface area contributed by atoms with Crippen molar-refractivity contribution in [3.8, 4) is 11.4 Å². The molecule has 3 rings (SSSR count). The predicted octanol–water partition coefficient (Wildman–Crippen LogP) is 4.44. The minimum absolute atomic E-state index is 0.194. The Morgan fingerprint density at radius 1 is 1.27 bits per heavy atom. The van der Waals surface area contributed by atoms with Crippen molar-refractivity contribution in [2.45, 2.75) is 58.8 Å². The molecule has 5 heteroatoms. The van der Waals surface area contributed by atoms with Crippen LogP contribution in [0, 0.1) is 5.92 Å². The number of nitrogens with zero attached hydrogens (tertiary/aromatic N) is 3. The van der Waals surface area contributed by atoms with Crippen LogP contribution in [0.5, 0.6) is 0 Å². The molecule has 1 aromatic heterocycles. The van der Waals surface area contributed by atoms with Gasteiger partial charge in [0.15, 0.2) is 0 Å². The standard InChI is InChI=1S/C21H29N3O2/c1-4-13-24(14-16-5-6-16)20(25)12-11-19-22-21(23-26-19)18-9-7-17(8-10-18)15(2)3/h7-10,15-16H,4-6,11-14H2,1-3H3. The lowest BCUT2D eigenvalue weighted by molar-refractivity contribution is -0.131. The molecule has 140 valence electrons. The van der Waals surface area contributed by atoms with Crippen LogP contribution in [0.2, 0.25) is 0 Å². The Morgan fingerprint density at radius 3 is 2.62 bits per heavy atom. The average molecular weight is 355 g/mol. The van der Waals surface area contributed by atoms with Crippen molar-refractivity contribution in [2.75, 3.05) is 13.1 Å². The molecule has 0 spiro atoms. The van der Waals surface area contributed by atoms with Crippen LogP contribution in [0.3, 0.4) is 0 Å². The summed E-state index contributed by atoms with van der Waals surface area (Å²) in [4.78, 5) is 18.9. The Bertz CT molecular complexity index is 717. The molecule has 0 atom stereocenters. The smallest absolute Gasteiger partial charge is 0.227 e. The first-order chi connectivity index (χ1) is 12.6. The topological polar surface area (TPSA) is 59.2 Å². The fraction of sp³-hybridized carbons (Fsp3) is 0.571. The Hall–Kier alpha value is -2.17. The molecule has 0 bridgehead atoms. The summed E-state index contributed by atoms with van der Waals surface area (Å²) < 4.78 is 5.35. The normalized spacial score (nSPS) is 14.0. The molecule has 1 heterocycles. The molecule has 1 amide bonds. The van der Waals surface area contributed by atoms with Crippen molar-refractivity contribution in [1.82, 2.24) is 15.0 Å².